The third kappa shape index (κ3) is 2.45. The number of ether oxygens (including phenoxy) is 2. The molecule has 28 heavy (non-hydrogen) atoms. The van der Waals surface area contributed by atoms with Gasteiger partial charge in [0.1, 0.15) is 5.75 Å². The molecule has 1 spiro atoms. The zero-order valence-electron chi connectivity index (χ0n) is 15.4. The van der Waals surface area contributed by atoms with E-state index in [-0.39, 0.29) is 17.8 Å². The maximum Gasteiger partial charge on any atom is 0.342 e. The first-order valence-corrected chi connectivity index (χ1v) is 9.30. The van der Waals surface area contributed by atoms with Crippen molar-refractivity contribution in [3.05, 3.63) is 102 Å². The van der Waals surface area contributed by atoms with Crippen LogP contribution in [-0.2, 0) is 9.53 Å². The Morgan fingerprint density at radius 1 is 0.821 bits per heavy atom. The lowest BCUT2D eigenvalue weighted by atomic mass is 10.0. The molecule has 0 bridgehead atoms. The predicted molar refractivity (Wildman–Crippen MR) is 107 cm³/mol. The minimum atomic E-state index is -0.902. The first-order valence-electron chi connectivity index (χ1n) is 9.30. The highest BCUT2D eigenvalue weighted by Crippen LogP contribution is 2.68. The SMILES string of the molecule is COc1ccc([C@@H]2[C@@H](c3ccccc3)[C@]23N=C(c2ccccc2)OC3=O)cc1. The highest BCUT2D eigenvalue weighted by molar-refractivity contribution is 6.11. The van der Waals surface area contributed by atoms with E-state index in [4.69, 9.17) is 14.5 Å². The van der Waals surface area contributed by atoms with Crippen molar-refractivity contribution in [3.63, 3.8) is 0 Å². The van der Waals surface area contributed by atoms with E-state index in [1.165, 1.54) is 0 Å². The van der Waals surface area contributed by atoms with E-state index >= 15 is 0 Å². The van der Waals surface area contributed by atoms with Gasteiger partial charge in [-0.15, -0.1) is 0 Å². The summed E-state index contributed by atoms with van der Waals surface area (Å²) in [7, 11) is 1.64. The Labute approximate surface area is 163 Å². The van der Waals surface area contributed by atoms with Crippen molar-refractivity contribution in [1.82, 2.24) is 0 Å². The van der Waals surface area contributed by atoms with Gasteiger partial charge in [0, 0.05) is 17.4 Å². The highest BCUT2D eigenvalue weighted by atomic mass is 16.6. The largest absolute Gasteiger partial charge is 0.497 e. The summed E-state index contributed by atoms with van der Waals surface area (Å²) in [4.78, 5) is 17.9. The molecular weight excluding hydrogens is 350 g/mol. The van der Waals surface area contributed by atoms with Crippen LogP contribution in [0.15, 0.2) is 89.9 Å². The summed E-state index contributed by atoms with van der Waals surface area (Å²) >= 11 is 0. The van der Waals surface area contributed by atoms with E-state index in [1.807, 2.05) is 72.8 Å². The molecule has 0 aromatic heterocycles. The lowest BCUT2D eigenvalue weighted by Crippen LogP contribution is -2.20. The molecule has 1 aliphatic heterocycles. The van der Waals surface area contributed by atoms with Gasteiger partial charge in [-0.2, -0.15) is 0 Å². The number of hydrogen-bond acceptors (Lipinski definition) is 4. The fraction of sp³-hybridized carbons (Fsp3) is 0.167. The topological polar surface area (TPSA) is 47.9 Å². The van der Waals surface area contributed by atoms with Crippen molar-refractivity contribution >= 4 is 11.9 Å². The molecule has 138 valence electrons. The standard InChI is InChI=1S/C24H19NO3/c1-27-19-14-12-17(13-15-19)21-20(16-8-4-2-5-9-16)24(21)23(26)28-22(25-24)18-10-6-3-7-11-18/h2-15,20-21H,1H3/t20-,21-,24+/m1/s1. The van der Waals surface area contributed by atoms with Gasteiger partial charge >= 0.3 is 5.97 Å². The molecule has 1 heterocycles. The van der Waals surface area contributed by atoms with Crippen LogP contribution >= 0.6 is 0 Å². The molecule has 2 aliphatic rings. The third-order valence-electron chi connectivity index (χ3n) is 5.63. The van der Waals surface area contributed by atoms with Crippen molar-refractivity contribution in [1.29, 1.82) is 0 Å². The normalized spacial score (nSPS) is 25.3. The second kappa shape index (κ2) is 6.34. The van der Waals surface area contributed by atoms with Gasteiger partial charge in [-0.3, -0.25) is 0 Å². The van der Waals surface area contributed by atoms with Crippen LogP contribution in [-0.4, -0.2) is 24.5 Å². The average molecular weight is 369 g/mol. The fourth-order valence-corrected chi connectivity index (χ4v) is 4.24. The number of nitrogens with zero attached hydrogens (tertiary/aromatic N) is 1. The summed E-state index contributed by atoms with van der Waals surface area (Å²) in [6.07, 6.45) is 0. The van der Waals surface area contributed by atoms with E-state index in [0.29, 0.717) is 5.90 Å². The predicted octanol–water partition coefficient (Wildman–Crippen LogP) is 4.32. The summed E-state index contributed by atoms with van der Waals surface area (Å²) in [6.45, 7) is 0. The maximum atomic E-state index is 13.1. The van der Waals surface area contributed by atoms with Crippen molar-refractivity contribution in [2.45, 2.75) is 17.4 Å². The van der Waals surface area contributed by atoms with E-state index < -0.39 is 5.54 Å². The van der Waals surface area contributed by atoms with Gasteiger partial charge in [-0.1, -0.05) is 60.7 Å². The zero-order valence-corrected chi connectivity index (χ0v) is 15.4. The summed E-state index contributed by atoms with van der Waals surface area (Å²) in [5.41, 5.74) is 2.07. The van der Waals surface area contributed by atoms with Crippen LogP contribution in [0.4, 0.5) is 0 Å². The molecule has 3 aromatic rings. The van der Waals surface area contributed by atoms with Gasteiger partial charge in [-0.25, -0.2) is 9.79 Å². The number of aliphatic imine (C=N–C) groups is 1. The molecule has 0 saturated heterocycles. The van der Waals surface area contributed by atoms with Crippen LogP contribution in [0.25, 0.3) is 0 Å². The van der Waals surface area contributed by atoms with Crippen molar-refractivity contribution in [2.75, 3.05) is 7.11 Å². The fourth-order valence-electron chi connectivity index (χ4n) is 4.24. The minimum Gasteiger partial charge on any atom is -0.497 e. The second-order valence-electron chi connectivity index (χ2n) is 7.14. The lowest BCUT2D eigenvalue weighted by Gasteiger charge is -2.04. The van der Waals surface area contributed by atoms with Gasteiger partial charge in [0.25, 0.3) is 0 Å². The van der Waals surface area contributed by atoms with Crippen molar-refractivity contribution in [2.24, 2.45) is 4.99 Å². The lowest BCUT2D eigenvalue weighted by molar-refractivity contribution is -0.136. The van der Waals surface area contributed by atoms with Crippen LogP contribution in [0.2, 0.25) is 0 Å². The molecule has 1 aliphatic carbocycles. The molecule has 5 rings (SSSR count). The van der Waals surface area contributed by atoms with Crippen LogP contribution in [0.1, 0.15) is 28.5 Å². The van der Waals surface area contributed by atoms with Crippen LogP contribution < -0.4 is 4.74 Å². The van der Waals surface area contributed by atoms with Gasteiger partial charge in [0.15, 0.2) is 5.54 Å². The minimum absolute atomic E-state index is 0.0455. The number of esters is 1. The Kier molecular flexibility index (Phi) is 3.79. The third-order valence-corrected chi connectivity index (χ3v) is 5.63. The summed E-state index contributed by atoms with van der Waals surface area (Å²) in [5, 5.41) is 0. The Bertz CT molecular complexity index is 1040. The highest BCUT2D eigenvalue weighted by Gasteiger charge is 2.74. The number of hydrogen-bond donors (Lipinski definition) is 0. The quantitative estimate of drug-likeness (QED) is 0.644. The van der Waals surface area contributed by atoms with Crippen LogP contribution in [0.3, 0.4) is 0 Å². The van der Waals surface area contributed by atoms with Crippen molar-refractivity contribution in [3.8, 4) is 5.75 Å². The van der Waals surface area contributed by atoms with Gasteiger partial charge in [-0.05, 0) is 35.4 Å². The average Bonchev–Trinajstić information content (AvgIpc) is 3.31. The van der Waals surface area contributed by atoms with Crippen molar-refractivity contribution < 1.29 is 14.3 Å². The molecule has 3 aromatic carbocycles. The molecule has 0 amide bonds. The Hall–Kier alpha value is -3.40. The molecule has 1 saturated carbocycles. The van der Waals surface area contributed by atoms with E-state index in [2.05, 4.69) is 12.1 Å². The number of carbonyl (C=O) groups excluding carboxylic acids is 1. The number of methoxy groups -OCH3 is 1. The van der Waals surface area contributed by atoms with Gasteiger partial charge < -0.3 is 9.47 Å². The molecule has 0 radical (unpaired) electrons. The van der Waals surface area contributed by atoms with Crippen LogP contribution in [0.5, 0.6) is 5.75 Å². The summed E-state index contributed by atoms with van der Waals surface area (Å²) in [5.74, 6) is 0.811. The smallest absolute Gasteiger partial charge is 0.342 e. The molecule has 4 nitrogen and oxygen atoms in total. The zero-order chi connectivity index (χ0) is 19.1. The second-order valence-corrected chi connectivity index (χ2v) is 7.14. The number of cyclic esters (lactones) is 1. The number of carbonyl (C=O) groups is 1. The van der Waals surface area contributed by atoms with Gasteiger partial charge in [0.05, 0.1) is 7.11 Å². The Morgan fingerprint density at radius 2 is 1.39 bits per heavy atom. The molecule has 4 heteroatoms. The van der Waals surface area contributed by atoms with E-state index in [9.17, 15) is 4.79 Å². The number of rotatable bonds is 4. The Balaban J connectivity index is 1.60. The molecule has 0 N–H and O–H groups in total. The summed E-state index contributed by atoms with van der Waals surface area (Å²) in [6, 6.07) is 27.5. The first-order chi connectivity index (χ1) is 13.7. The van der Waals surface area contributed by atoms with Crippen LogP contribution in [0, 0.1) is 0 Å². The maximum absolute atomic E-state index is 13.1. The first kappa shape index (κ1) is 16.8. The van der Waals surface area contributed by atoms with E-state index in [1.54, 1.807) is 7.11 Å². The Morgan fingerprint density at radius 3 is 2.00 bits per heavy atom. The monoisotopic (exact) mass is 369 g/mol. The molecule has 0 unspecified atom stereocenters. The molecule has 3 atom stereocenters. The number of benzene rings is 3. The summed E-state index contributed by atoms with van der Waals surface area (Å²) < 4.78 is 10.9. The molecular formula is C24H19NO3. The van der Waals surface area contributed by atoms with E-state index in [0.717, 1.165) is 22.4 Å². The van der Waals surface area contributed by atoms with Gasteiger partial charge in [0.2, 0.25) is 5.90 Å². The molecule has 1 fully saturated rings.